The maximum Gasteiger partial charge on any atom is 0.323 e. The minimum absolute atomic E-state index is 0.491. The zero-order valence-electron chi connectivity index (χ0n) is 9.06. The summed E-state index contributed by atoms with van der Waals surface area (Å²) < 4.78 is 6.57. The van der Waals surface area contributed by atoms with Crippen LogP contribution in [0.4, 0.5) is 4.79 Å². The largest absolute Gasteiger partial charge is 0.497 e. The van der Waals surface area contributed by atoms with Gasteiger partial charge >= 0.3 is 6.03 Å². The lowest BCUT2D eigenvalue weighted by Crippen LogP contribution is -2.18. The molecule has 1 aromatic heterocycles. The van der Waals surface area contributed by atoms with Crippen molar-refractivity contribution in [2.75, 3.05) is 7.11 Å². The molecular weight excluding hydrogens is 204 g/mol. The highest BCUT2D eigenvalue weighted by Gasteiger charge is 2.10. The van der Waals surface area contributed by atoms with E-state index in [0.717, 1.165) is 22.2 Å². The summed E-state index contributed by atoms with van der Waals surface area (Å²) in [6.45, 7) is 3.83. The number of methoxy groups -OCH3 is 1. The monoisotopic (exact) mass is 217 g/mol. The third kappa shape index (κ3) is 1.52. The van der Waals surface area contributed by atoms with Crippen LogP contribution in [0.1, 0.15) is 5.56 Å². The van der Waals surface area contributed by atoms with E-state index in [4.69, 9.17) is 10.5 Å². The van der Waals surface area contributed by atoms with Gasteiger partial charge in [-0.3, -0.25) is 4.57 Å². The van der Waals surface area contributed by atoms with Crippen LogP contribution in [-0.4, -0.2) is 17.7 Å². The van der Waals surface area contributed by atoms with E-state index < -0.39 is 6.03 Å². The van der Waals surface area contributed by atoms with Crippen molar-refractivity contribution in [1.29, 1.82) is 0 Å². The lowest BCUT2D eigenvalue weighted by Gasteiger charge is -2.01. The zero-order valence-corrected chi connectivity index (χ0v) is 9.06. The van der Waals surface area contributed by atoms with Crippen molar-refractivity contribution in [2.45, 2.75) is 6.42 Å². The summed E-state index contributed by atoms with van der Waals surface area (Å²) in [7, 11) is 1.61. The van der Waals surface area contributed by atoms with Gasteiger partial charge in [0.2, 0.25) is 0 Å². The number of fused-ring (bicyclic) bond motifs is 1. The Bertz CT molecular complexity index is 543. The van der Waals surface area contributed by atoms with E-state index in [1.807, 2.05) is 12.1 Å². The van der Waals surface area contributed by atoms with Crippen molar-refractivity contribution < 1.29 is 9.53 Å². The highest BCUT2D eigenvalue weighted by molar-refractivity contribution is 5.93. The Labute approximate surface area is 93.6 Å². The fourth-order valence-corrected chi connectivity index (χ4v) is 1.79. The fraction of sp³-hybridized carbons (Fsp3) is 0.167. The number of primary amides is 1. The second-order valence-electron chi connectivity index (χ2n) is 3.50. The topological polar surface area (TPSA) is 57.2 Å². The van der Waals surface area contributed by atoms with Gasteiger partial charge in [-0.15, -0.1) is 0 Å². The molecule has 0 saturated carbocycles. The number of hydrogen-bond acceptors (Lipinski definition) is 2. The molecule has 2 rings (SSSR count). The number of hydrogen-bond donors (Lipinski definition) is 1. The standard InChI is InChI=1S/C12H13N2O2/c1-3-8-7-14(12(13)15)11-5-4-9(16-2)6-10(8)11/h4-7H,1,3H2,2H3,(H2,13,15). The number of amides is 1. The first kappa shape index (κ1) is 10.5. The van der Waals surface area contributed by atoms with E-state index in [0.29, 0.717) is 6.42 Å². The van der Waals surface area contributed by atoms with Crippen LogP contribution < -0.4 is 10.5 Å². The lowest BCUT2D eigenvalue weighted by atomic mass is 10.1. The minimum Gasteiger partial charge on any atom is -0.497 e. The zero-order chi connectivity index (χ0) is 11.7. The summed E-state index contributed by atoms with van der Waals surface area (Å²) in [5.41, 5.74) is 7.05. The fourth-order valence-electron chi connectivity index (χ4n) is 1.79. The van der Waals surface area contributed by atoms with Gasteiger partial charge in [0.1, 0.15) is 5.75 Å². The van der Waals surface area contributed by atoms with E-state index in [1.165, 1.54) is 4.57 Å². The van der Waals surface area contributed by atoms with Gasteiger partial charge in [-0.1, -0.05) is 0 Å². The second-order valence-corrected chi connectivity index (χ2v) is 3.50. The molecule has 2 N–H and O–H groups in total. The number of carbonyl (C=O) groups is 1. The number of carbonyl (C=O) groups excluding carboxylic acids is 1. The van der Waals surface area contributed by atoms with Crippen LogP contribution in [-0.2, 0) is 6.42 Å². The van der Waals surface area contributed by atoms with Crippen LogP contribution in [0, 0.1) is 6.92 Å². The average molecular weight is 217 g/mol. The molecule has 0 unspecified atom stereocenters. The van der Waals surface area contributed by atoms with E-state index >= 15 is 0 Å². The molecule has 83 valence electrons. The van der Waals surface area contributed by atoms with Crippen LogP contribution >= 0.6 is 0 Å². The number of ether oxygens (including phenoxy) is 1. The molecule has 1 aromatic carbocycles. The number of benzene rings is 1. The average Bonchev–Trinajstić information content (AvgIpc) is 2.66. The van der Waals surface area contributed by atoms with Crippen molar-refractivity contribution in [3.8, 4) is 5.75 Å². The molecule has 4 nitrogen and oxygen atoms in total. The number of rotatable bonds is 2. The molecule has 2 aromatic rings. The summed E-state index contributed by atoms with van der Waals surface area (Å²) in [5.74, 6) is 0.754. The molecule has 0 aliphatic carbocycles. The summed E-state index contributed by atoms with van der Waals surface area (Å²) in [6, 6.07) is 5.01. The normalized spacial score (nSPS) is 10.6. The van der Waals surface area contributed by atoms with Crippen LogP contribution in [0.5, 0.6) is 5.75 Å². The number of nitrogens with zero attached hydrogens (tertiary/aromatic N) is 1. The Morgan fingerprint density at radius 3 is 2.88 bits per heavy atom. The maximum absolute atomic E-state index is 11.2. The van der Waals surface area contributed by atoms with Crippen molar-refractivity contribution in [2.24, 2.45) is 5.73 Å². The Hall–Kier alpha value is -1.97. The van der Waals surface area contributed by atoms with Crippen molar-refractivity contribution in [1.82, 2.24) is 4.57 Å². The lowest BCUT2D eigenvalue weighted by molar-refractivity contribution is 0.251. The summed E-state index contributed by atoms with van der Waals surface area (Å²) in [6.07, 6.45) is 2.32. The molecule has 0 atom stereocenters. The number of aromatic nitrogens is 1. The molecule has 1 radical (unpaired) electrons. The highest BCUT2D eigenvalue weighted by atomic mass is 16.5. The molecule has 0 saturated heterocycles. The van der Waals surface area contributed by atoms with Gasteiger partial charge in [-0.2, -0.15) is 0 Å². The van der Waals surface area contributed by atoms with Crippen LogP contribution in [0.15, 0.2) is 24.4 Å². The Kier molecular flexibility index (Phi) is 2.56. The van der Waals surface area contributed by atoms with Crippen LogP contribution in [0.3, 0.4) is 0 Å². The molecular formula is C12H13N2O2. The third-order valence-electron chi connectivity index (χ3n) is 2.60. The quantitative estimate of drug-likeness (QED) is 0.835. The molecule has 0 aliphatic heterocycles. The van der Waals surface area contributed by atoms with E-state index in [1.54, 1.807) is 19.4 Å². The van der Waals surface area contributed by atoms with Crippen molar-refractivity contribution in [3.63, 3.8) is 0 Å². The molecule has 0 bridgehead atoms. The molecule has 4 heteroatoms. The number of nitrogens with two attached hydrogens (primary N) is 1. The van der Waals surface area contributed by atoms with Gasteiger partial charge in [-0.25, -0.2) is 4.79 Å². The predicted octanol–water partition coefficient (Wildman–Crippen LogP) is 1.95. The molecule has 16 heavy (non-hydrogen) atoms. The van der Waals surface area contributed by atoms with Gasteiger partial charge in [0, 0.05) is 11.6 Å². The summed E-state index contributed by atoms with van der Waals surface area (Å²) in [4.78, 5) is 11.2. The van der Waals surface area contributed by atoms with Gasteiger partial charge in [-0.05, 0) is 37.1 Å². The summed E-state index contributed by atoms with van der Waals surface area (Å²) >= 11 is 0. The highest BCUT2D eigenvalue weighted by Crippen LogP contribution is 2.26. The van der Waals surface area contributed by atoms with E-state index in [2.05, 4.69) is 6.92 Å². The van der Waals surface area contributed by atoms with Crippen molar-refractivity contribution in [3.05, 3.63) is 36.9 Å². The summed E-state index contributed by atoms with van der Waals surface area (Å²) in [5, 5.41) is 0.952. The first-order valence-corrected chi connectivity index (χ1v) is 4.94. The van der Waals surface area contributed by atoms with Crippen molar-refractivity contribution >= 4 is 16.9 Å². The third-order valence-corrected chi connectivity index (χ3v) is 2.60. The predicted molar refractivity (Wildman–Crippen MR) is 62.5 cm³/mol. The van der Waals surface area contributed by atoms with Crippen LogP contribution in [0.25, 0.3) is 10.9 Å². The molecule has 1 heterocycles. The Balaban J connectivity index is 2.74. The second kappa shape index (κ2) is 3.89. The van der Waals surface area contributed by atoms with Gasteiger partial charge < -0.3 is 10.5 Å². The van der Waals surface area contributed by atoms with Gasteiger partial charge in [0.05, 0.1) is 12.6 Å². The van der Waals surface area contributed by atoms with E-state index in [9.17, 15) is 4.79 Å². The molecule has 0 aliphatic rings. The first-order chi connectivity index (χ1) is 7.67. The smallest absolute Gasteiger partial charge is 0.323 e. The Morgan fingerprint density at radius 2 is 2.31 bits per heavy atom. The van der Waals surface area contributed by atoms with E-state index in [-0.39, 0.29) is 0 Å². The molecule has 0 spiro atoms. The first-order valence-electron chi connectivity index (χ1n) is 4.94. The maximum atomic E-state index is 11.2. The molecule has 0 fully saturated rings. The van der Waals surface area contributed by atoms with Gasteiger partial charge in [0.25, 0.3) is 0 Å². The minimum atomic E-state index is -0.491. The Morgan fingerprint density at radius 1 is 1.56 bits per heavy atom. The molecule has 1 amide bonds. The van der Waals surface area contributed by atoms with Gasteiger partial charge in [0.15, 0.2) is 0 Å². The SMILES string of the molecule is [CH2]Cc1cn(C(N)=O)c2ccc(OC)cc12. The van der Waals surface area contributed by atoms with Crippen LogP contribution in [0.2, 0.25) is 0 Å².